The lowest BCUT2D eigenvalue weighted by Gasteiger charge is -2.38. The Bertz CT molecular complexity index is 1350. The lowest BCUT2D eigenvalue weighted by molar-refractivity contribution is 0.00754. The highest BCUT2D eigenvalue weighted by molar-refractivity contribution is 6.14. The van der Waals surface area contributed by atoms with Crippen molar-refractivity contribution in [1.82, 2.24) is 25.1 Å². The van der Waals surface area contributed by atoms with Crippen LogP contribution in [0.15, 0.2) is 46.6 Å². The summed E-state index contributed by atoms with van der Waals surface area (Å²) in [6.07, 6.45) is 11.0. The van der Waals surface area contributed by atoms with Gasteiger partial charge in [0, 0.05) is 72.6 Å². The van der Waals surface area contributed by atoms with Crippen LogP contribution in [0.3, 0.4) is 0 Å². The maximum atomic E-state index is 5.96. The third-order valence-electron chi connectivity index (χ3n) is 8.29. The van der Waals surface area contributed by atoms with E-state index >= 15 is 0 Å². The first kappa shape index (κ1) is 26.9. The monoisotopic (exact) mass is 543 g/mol. The quantitative estimate of drug-likeness (QED) is 0.472. The second-order valence-electron chi connectivity index (χ2n) is 11.3. The Morgan fingerprint density at radius 2 is 1.93 bits per heavy atom. The number of amidine groups is 1. The van der Waals surface area contributed by atoms with Crippen molar-refractivity contribution in [3.8, 4) is 16.9 Å². The van der Waals surface area contributed by atoms with Gasteiger partial charge >= 0.3 is 0 Å². The van der Waals surface area contributed by atoms with E-state index in [-0.39, 0.29) is 0 Å². The number of hydrogen-bond donors (Lipinski definition) is 2. The van der Waals surface area contributed by atoms with Crippen LogP contribution in [0, 0.1) is 0 Å². The number of likely N-dealkylation sites (N-methyl/N-ethyl adjacent to an activating group) is 1. The first-order chi connectivity index (χ1) is 19.6. The van der Waals surface area contributed by atoms with E-state index in [1.807, 2.05) is 26.6 Å². The zero-order valence-corrected chi connectivity index (χ0v) is 23.7. The molecule has 40 heavy (non-hydrogen) atoms. The topological polar surface area (TPSA) is 90.4 Å². The van der Waals surface area contributed by atoms with Crippen LogP contribution in [0.5, 0.6) is 5.75 Å². The summed E-state index contributed by atoms with van der Waals surface area (Å²) in [5, 5.41) is 4.63. The molecule has 0 radical (unpaired) electrons. The highest BCUT2D eigenvalue weighted by atomic mass is 16.5. The predicted molar refractivity (Wildman–Crippen MR) is 161 cm³/mol. The molecule has 1 aromatic carbocycles. The predicted octanol–water partition coefficient (Wildman–Crippen LogP) is 3.73. The Kier molecular flexibility index (Phi) is 8.41. The second kappa shape index (κ2) is 12.5. The van der Waals surface area contributed by atoms with E-state index in [0.29, 0.717) is 18.7 Å². The van der Waals surface area contributed by atoms with Gasteiger partial charge in [-0.1, -0.05) is 6.07 Å². The molecule has 1 aliphatic carbocycles. The number of hydrogen-bond acceptors (Lipinski definition) is 7. The van der Waals surface area contributed by atoms with Gasteiger partial charge < -0.3 is 24.7 Å². The summed E-state index contributed by atoms with van der Waals surface area (Å²) in [4.78, 5) is 22.7. The van der Waals surface area contributed by atoms with Gasteiger partial charge in [-0.3, -0.25) is 19.9 Å². The molecule has 1 saturated heterocycles. The van der Waals surface area contributed by atoms with E-state index in [1.54, 1.807) is 6.20 Å². The van der Waals surface area contributed by atoms with Gasteiger partial charge in [-0.05, 0) is 63.5 Å². The Morgan fingerprint density at radius 3 is 2.75 bits per heavy atom. The minimum atomic E-state index is 0.314. The van der Waals surface area contributed by atoms with Crippen molar-refractivity contribution < 1.29 is 9.47 Å². The minimum absolute atomic E-state index is 0.314. The number of nitrogens with one attached hydrogen (secondary N) is 2. The average molecular weight is 544 g/mol. The van der Waals surface area contributed by atoms with Crippen molar-refractivity contribution in [2.45, 2.75) is 44.2 Å². The molecule has 1 saturated carbocycles. The summed E-state index contributed by atoms with van der Waals surface area (Å²) in [6, 6.07) is 9.63. The van der Waals surface area contributed by atoms with Crippen molar-refractivity contribution in [2.24, 2.45) is 9.98 Å². The zero-order chi connectivity index (χ0) is 27.3. The van der Waals surface area contributed by atoms with E-state index in [2.05, 4.69) is 54.3 Å². The van der Waals surface area contributed by atoms with Crippen molar-refractivity contribution in [3.05, 3.63) is 47.9 Å². The molecule has 0 amide bonds. The van der Waals surface area contributed by atoms with Gasteiger partial charge in [0.15, 0.2) is 0 Å². The normalized spacial score (nSPS) is 23.1. The SMILES string of the molecule is CN(C)CCOc1cncc(-c2ccc3[nH]c4c(c3c2)C(=NC2CCC(N3CCOCC3)CC2)NC=NCC4)c1. The molecule has 2 aromatic heterocycles. The number of morpholine rings is 1. The number of rotatable bonds is 7. The number of benzene rings is 1. The highest BCUT2D eigenvalue weighted by Crippen LogP contribution is 2.32. The first-order valence-electron chi connectivity index (χ1n) is 14.7. The van der Waals surface area contributed by atoms with Gasteiger partial charge in [0.1, 0.15) is 18.2 Å². The lowest BCUT2D eigenvalue weighted by atomic mass is 9.90. The highest BCUT2D eigenvalue weighted by Gasteiger charge is 2.28. The fourth-order valence-electron chi connectivity index (χ4n) is 6.09. The first-order valence-corrected chi connectivity index (χ1v) is 14.7. The van der Waals surface area contributed by atoms with Gasteiger partial charge in [-0.25, -0.2) is 0 Å². The molecule has 2 N–H and O–H groups in total. The average Bonchev–Trinajstić information content (AvgIpc) is 3.32. The molecule has 0 bridgehead atoms. The Morgan fingerprint density at radius 1 is 1.07 bits per heavy atom. The van der Waals surface area contributed by atoms with Crippen LogP contribution in [0.4, 0.5) is 0 Å². The molecule has 9 heteroatoms. The van der Waals surface area contributed by atoms with Crippen LogP contribution in [0.25, 0.3) is 22.0 Å². The van der Waals surface area contributed by atoms with E-state index in [1.165, 1.54) is 29.5 Å². The van der Waals surface area contributed by atoms with E-state index in [0.717, 1.165) is 86.9 Å². The molecular weight excluding hydrogens is 502 g/mol. The lowest BCUT2D eigenvalue weighted by Crippen LogP contribution is -2.45. The number of nitrogens with zero attached hydrogens (tertiary/aromatic N) is 5. The van der Waals surface area contributed by atoms with Crippen molar-refractivity contribution in [3.63, 3.8) is 0 Å². The summed E-state index contributed by atoms with van der Waals surface area (Å²) in [6.45, 7) is 6.07. The molecule has 3 aromatic rings. The maximum absolute atomic E-state index is 5.96. The van der Waals surface area contributed by atoms with Gasteiger partial charge in [0.25, 0.3) is 0 Å². The summed E-state index contributed by atoms with van der Waals surface area (Å²) in [5.74, 6) is 1.72. The van der Waals surface area contributed by atoms with Crippen LogP contribution >= 0.6 is 0 Å². The van der Waals surface area contributed by atoms with Gasteiger partial charge in [-0.15, -0.1) is 0 Å². The zero-order valence-electron chi connectivity index (χ0n) is 23.7. The summed E-state index contributed by atoms with van der Waals surface area (Å²) in [7, 11) is 4.09. The van der Waals surface area contributed by atoms with Crippen LogP contribution in [0.1, 0.15) is 36.9 Å². The molecular formula is C31H41N7O2. The van der Waals surface area contributed by atoms with E-state index in [9.17, 15) is 0 Å². The third-order valence-corrected chi connectivity index (χ3v) is 8.29. The second-order valence-corrected chi connectivity index (χ2v) is 11.3. The molecule has 212 valence electrons. The molecule has 6 rings (SSSR count). The van der Waals surface area contributed by atoms with Crippen molar-refractivity contribution in [1.29, 1.82) is 0 Å². The van der Waals surface area contributed by atoms with Crippen LogP contribution < -0.4 is 10.1 Å². The molecule has 0 spiro atoms. The largest absolute Gasteiger partial charge is 0.491 e. The van der Waals surface area contributed by atoms with Crippen LogP contribution in [-0.2, 0) is 11.2 Å². The fraction of sp³-hybridized carbons (Fsp3) is 0.516. The Labute approximate surface area is 236 Å². The number of pyridine rings is 1. The number of aliphatic imine (C=N–C) groups is 2. The summed E-state index contributed by atoms with van der Waals surface area (Å²) in [5.41, 5.74) is 5.63. The van der Waals surface area contributed by atoms with Gasteiger partial charge in [0.2, 0.25) is 0 Å². The van der Waals surface area contributed by atoms with Crippen LogP contribution in [-0.4, -0.2) is 104 Å². The van der Waals surface area contributed by atoms with Crippen LogP contribution in [0.2, 0.25) is 0 Å². The smallest absolute Gasteiger partial charge is 0.138 e. The summed E-state index contributed by atoms with van der Waals surface area (Å²) >= 11 is 0. The molecule has 3 aliphatic rings. The van der Waals surface area contributed by atoms with Crippen molar-refractivity contribution >= 4 is 23.1 Å². The molecule has 2 fully saturated rings. The molecule has 9 nitrogen and oxygen atoms in total. The molecule has 2 aliphatic heterocycles. The number of fused-ring (bicyclic) bond motifs is 3. The van der Waals surface area contributed by atoms with Gasteiger partial charge in [0.05, 0.1) is 31.8 Å². The summed E-state index contributed by atoms with van der Waals surface area (Å²) < 4.78 is 11.5. The van der Waals surface area contributed by atoms with E-state index in [4.69, 9.17) is 14.5 Å². The Balaban J connectivity index is 1.26. The molecule has 4 heterocycles. The maximum Gasteiger partial charge on any atom is 0.138 e. The fourth-order valence-corrected chi connectivity index (χ4v) is 6.09. The number of aromatic amines is 1. The van der Waals surface area contributed by atoms with E-state index < -0.39 is 0 Å². The minimum Gasteiger partial charge on any atom is -0.491 e. The third kappa shape index (κ3) is 6.22. The van der Waals surface area contributed by atoms with Crippen molar-refractivity contribution in [2.75, 3.05) is 60.1 Å². The number of aromatic nitrogens is 2. The Hall–Kier alpha value is -3.27. The number of ether oxygens (including phenoxy) is 2. The number of H-pyrrole nitrogens is 1. The van der Waals surface area contributed by atoms with Gasteiger partial charge in [-0.2, -0.15) is 0 Å². The molecule has 0 atom stereocenters. The standard InChI is InChI=1S/C31H41N7O2/c1-37(2)11-16-40-26-17-23(19-33-20-26)22-3-8-28-27(18-22)30-29(36-28)9-10-32-21-34-31(30)35-24-4-6-25(7-5-24)38-12-14-39-15-13-38/h3,8,17-21,24-25,36H,4-7,9-16H2,1-2H3,(H,32,34,35). The molecule has 0 unspecified atom stereocenters.